The van der Waals surface area contributed by atoms with Crippen LogP contribution in [0.4, 0.5) is 23.3 Å². The van der Waals surface area contributed by atoms with Crippen molar-refractivity contribution in [2.75, 3.05) is 27.8 Å². The van der Waals surface area contributed by atoms with Crippen LogP contribution in [0, 0.1) is 22.2 Å². The van der Waals surface area contributed by atoms with Crippen molar-refractivity contribution in [3.05, 3.63) is 33.5 Å². The molecule has 4 N–H and O–H groups in total. The molecule has 0 radical (unpaired) electrons. The molecule has 1 saturated heterocycles. The van der Waals surface area contributed by atoms with Crippen molar-refractivity contribution in [3.8, 4) is 6.07 Å². The number of hydrogen-bond acceptors (Lipinski definition) is 8. The van der Waals surface area contributed by atoms with Crippen molar-refractivity contribution in [1.82, 2.24) is 9.97 Å². The van der Waals surface area contributed by atoms with Crippen molar-refractivity contribution in [3.63, 3.8) is 0 Å². The molecule has 0 spiro atoms. The Labute approximate surface area is 208 Å². The molecule has 0 aromatic carbocycles. The monoisotopic (exact) mass is 487 g/mol. The number of thiophene rings is 1. The number of nitrogen functional groups attached to an aromatic ring is 2. The topological polar surface area (TPSA) is 125 Å². The molecular formula is C26H29N7OS. The number of nitrogens with zero attached hydrogens (tertiary/aromatic N) is 5. The number of amides is 1. The zero-order chi connectivity index (χ0) is 24.7. The number of nitriles is 1. The van der Waals surface area contributed by atoms with Gasteiger partial charge in [0.05, 0.1) is 18.4 Å². The summed E-state index contributed by atoms with van der Waals surface area (Å²) in [7, 11) is 0. The first-order chi connectivity index (χ1) is 16.6. The lowest BCUT2D eigenvalue weighted by atomic mass is 9.65. The molecule has 1 aliphatic carbocycles. The van der Waals surface area contributed by atoms with Gasteiger partial charge in [-0.2, -0.15) is 5.26 Å². The Morgan fingerprint density at radius 3 is 2.60 bits per heavy atom. The Hall–Kier alpha value is -3.38. The van der Waals surface area contributed by atoms with E-state index in [4.69, 9.17) is 16.5 Å². The van der Waals surface area contributed by atoms with Gasteiger partial charge in [-0.3, -0.25) is 9.69 Å². The second-order valence-electron chi connectivity index (χ2n) is 11.4. The van der Waals surface area contributed by atoms with E-state index in [1.54, 1.807) is 16.2 Å². The van der Waals surface area contributed by atoms with Crippen molar-refractivity contribution < 1.29 is 4.79 Å². The lowest BCUT2D eigenvalue weighted by molar-refractivity contribution is -0.117. The maximum atomic E-state index is 13.1. The van der Waals surface area contributed by atoms with E-state index >= 15 is 0 Å². The number of fused-ring (bicyclic) bond motifs is 5. The summed E-state index contributed by atoms with van der Waals surface area (Å²) >= 11 is 1.59. The van der Waals surface area contributed by atoms with Crippen molar-refractivity contribution >= 4 is 51.3 Å². The summed E-state index contributed by atoms with van der Waals surface area (Å²) < 4.78 is 0. The molecule has 180 valence electrons. The SMILES string of the molecule is CC1(C)C[C@H]2C[C@](C)(CN2c2nc(N)c3c(N)nc4c(c3c2C#N)CC(=O)N4Cc2cccs2)C1. The van der Waals surface area contributed by atoms with Gasteiger partial charge in [0.25, 0.3) is 0 Å². The van der Waals surface area contributed by atoms with E-state index in [-0.39, 0.29) is 34.8 Å². The fraction of sp³-hybridized carbons (Fsp3) is 0.462. The smallest absolute Gasteiger partial charge is 0.233 e. The number of rotatable bonds is 3. The summed E-state index contributed by atoms with van der Waals surface area (Å²) in [6.07, 6.45) is 3.41. The van der Waals surface area contributed by atoms with Crippen LogP contribution in [0.15, 0.2) is 17.5 Å². The van der Waals surface area contributed by atoms with Gasteiger partial charge in [0.2, 0.25) is 5.91 Å². The van der Waals surface area contributed by atoms with E-state index in [0.717, 1.165) is 36.2 Å². The van der Waals surface area contributed by atoms with Crippen LogP contribution >= 0.6 is 11.3 Å². The summed E-state index contributed by atoms with van der Waals surface area (Å²) in [5, 5.41) is 13.5. The number of nitrogens with two attached hydrogens (primary N) is 2. The molecule has 8 nitrogen and oxygen atoms in total. The van der Waals surface area contributed by atoms with Crippen LogP contribution in [0.25, 0.3) is 10.8 Å². The molecule has 2 atom stereocenters. The Morgan fingerprint density at radius 2 is 1.91 bits per heavy atom. The fourth-order valence-corrected chi connectivity index (χ4v) is 7.69. The normalized spacial score (nSPS) is 24.7. The standard InChI is InChI=1S/C26H29N7OS/c1-25(2)8-14-9-26(3,12-25)13-33(14)24-17(10-27)19-16-7-18(34)32(11-15-5-4-6-35-15)23(16)30-21(28)20(19)22(29)31-24/h4-6,14H,7-9,11-13H2,1-3H3,(H2,28,30)(H2,29,31)/t14-,26-/m0/s1. The number of hydrogen-bond donors (Lipinski definition) is 2. The third-order valence-electron chi connectivity index (χ3n) is 7.84. The quantitative estimate of drug-likeness (QED) is 0.566. The minimum Gasteiger partial charge on any atom is -0.383 e. The molecule has 6 rings (SSSR count). The number of aromatic nitrogens is 2. The summed E-state index contributed by atoms with van der Waals surface area (Å²) in [5.74, 6) is 1.54. The Kier molecular flexibility index (Phi) is 4.62. The minimum atomic E-state index is -0.0556. The lowest BCUT2D eigenvalue weighted by Gasteiger charge is -2.39. The highest BCUT2D eigenvalue weighted by Crippen LogP contribution is 2.54. The average Bonchev–Trinajstić information content (AvgIpc) is 3.45. The average molecular weight is 488 g/mol. The molecule has 2 bridgehead atoms. The zero-order valence-electron chi connectivity index (χ0n) is 20.3. The van der Waals surface area contributed by atoms with Crippen molar-refractivity contribution in [2.45, 2.75) is 59.0 Å². The van der Waals surface area contributed by atoms with Gasteiger partial charge in [0.15, 0.2) is 0 Å². The van der Waals surface area contributed by atoms with Gasteiger partial charge in [-0.25, -0.2) is 9.97 Å². The van der Waals surface area contributed by atoms with Gasteiger partial charge in [-0.05, 0) is 41.5 Å². The molecule has 1 amide bonds. The second kappa shape index (κ2) is 7.31. The summed E-state index contributed by atoms with van der Waals surface area (Å²) in [6, 6.07) is 6.67. The number of anilines is 4. The molecule has 5 heterocycles. The fourth-order valence-electron chi connectivity index (χ4n) is 7.00. The molecule has 3 aliphatic rings. The Morgan fingerprint density at radius 1 is 1.17 bits per heavy atom. The third kappa shape index (κ3) is 3.34. The minimum absolute atomic E-state index is 0.0556. The predicted molar refractivity (Wildman–Crippen MR) is 139 cm³/mol. The first-order valence-corrected chi connectivity index (χ1v) is 12.9. The Balaban J connectivity index is 1.54. The number of pyridine rings is 2. The van der Waals surface area contributed by atoms with E-state index in [0.29, 0.717) is 40.6 Å². The van der Waals surface area contributed by atoms with Gasteiger partial charge >= 0.3 is 0 Å². The van der Waals surface area contributed by atoms with Crippen LogP contribution in [0.3, 0.4) is 0 Å². The van der Waals surface area contributed by atoms with Gasteiger partial charge in [0.1, 0.15) is 34.9 Å². The highest BCUT2D eigenvalue weighted by molar-refractivity contribution is 7.09. The van der Waals surface area contributed by atoms with Gasteiger partial charge < -0.3 is 16.4 Å². The van der Waals surface area contributed by atoms with Crippen LogP contribution in [-0.4, -0.2) is 28.5 Å². The number of carbonyl (C=O) groups is 1. The highest BCUT2D eigenvalue weighted by atomic mass is 32.1. The van der Waals surface area contributed by atoms with Gasteiger partial charge in [-0.1, -0.05) is 26.8 Å². The first kappa shape index (κ1) is 22.1. The van der Waals surface area contributed by atoms with Crippen LogP contribution < -0.4 is 21.3 Å². The van der Waals surface area contributed by atoms with E-state index in [1.165, 1.54) is 0 Å². The van der Waals surface area contributed by atoms with E-state index in [9.17, 15) is 10.1 Å². The largest absolute Gasteiger partial charge is 0.383 e. The maximum absolute atomic E-state index is 13.1. The zero-order valence-corrected chi connectivity index (χ0v) is 21.1. The molecular weight excluding hydrogens is 458 g/mol. The summed E-state index contributed by atoms with van der Waals surface area (Å²) in [5.41, 5.74) is 14.4. The van der Waals surface area contributed by atoms with Crippen LogP contribution in [0.5, 0.6) is 0 Å². The molecule has 9 heteroatoms. The molecule has 0 unspecified atom stereocenters. The molecule has 3 aromatic rings. The van der Waals surface area contributed by atoms with E-state index < -0.39 is 0 Å². The summed E-state index contributed by atoms with van der Waals surface area (Å²) in [6.45, 7) is 8.24. The van der Waals surface area contributed by atoms with Crippen molar-refractivity contribution in [1.29, 1.82) is 5.26 Å². The number of carbonyl (C=O) groups excluding carboxylic acids is 1. The third-order valence-corrected chi connectivity index (χ3v) is 8.70. The molecule has 2 fully saturated rings. The van der Waals surface area contributed by atoms with Gasteiger partial charge in [0, 0.05) is 28.4 Å². The highest BCUT2D eigenvalue weighted by Gasteiger charge is 2.50. The van der Waals surface area contributed by atoms with Gasteiger partial charge in [-0.15, -0.1) is 11.3 Å². The molecule has 3 aromatic heterocycles. The lowest BCUT2D eigenvalue weighted by Crippen LogP contribution is -2.35. The first-order valence-electron chi connectivity index (χ1n) is 12.0. The summed E-state index contributed by atoms with van der Waals surface area (Å²) in [4.78, 5) is 27.4. The van der Waals surface area contributed by atoms with Crippen LogP contribution in [0.2, 0.25) is 0 Å². The van der Waals surface area contributed by atoms with Crippen molar-refractivity contribution in [2.24, 2.45) is 10.8 Å². The Bertz CT molecular complexity index is 1420. The maximum Gasteiger partial charge on any atom is 0.233 e. The van der Waals surface area contributed by atoms with Crippen LogP contribution in [0.1, 0.15) is 56.0 Å². The molecule has 1 saturated carbocycles. The second-order valence-corrected chi connectivity index (χ2v) is 12.5. The van der Waals surface area contributed by atoms with E-state index in [2.05, 4.69) is 36.7 Å². The molecule has 2 aliphatic heterocycles. The van der Waals surface area contributed by atoms with Crippen LogP contribution in [-0.2, 0) is 17.8 Å². The predicted octanol–water partition coefficient (Wildman–Crippen LogP) is 4.22. The van der Waals surface area contributed by atoms with E-state index in [1.807, 2.05) is 17.5 Å². The molecule has 35 heavy (non-hydrogen) atoms.